The quantitative estimate of drug-likeness (QED) is 0.432. The molecular formula is C23H21ClF2N3O3PS. The van der Waals surface area contributed by atoms with Crippen molar-refractivity contribution in [1.29, 1.82) is 0 Å². The van der Waals surface area contributed by atoms with E-state index in [0.717, 1.165) is 4.90 Å². The van der Waals surface area contributed by atoms with Crippen LogP contribution in [-0.2, 0) is 9.36 Å². The first-order chi connectivity index (χ1) is 16.1. The van der Waals surface area contributed by atoms with Crippen molar-refractivity contribution in [2.45, 2.75) is 12.5 Å². The first-order valence-corrected chi connectivity index (χ1v) is 14.2. The van der Waals surface area contributed by atoms with Crippen molar-refractivity contribution in [3.8, 4) is 11.1 Å². The number of halogens is 3. The molecule has 0 saturated carbocycles. The largest absolute Gasteiger partial charge is 0.326 e. The zero-order valence-electron chi connectivity index (χ0n) is 18.3. The fraction of sp³-hybridized carbons (Fsp3) is 0.217. The molecule has 0 bridgehead atoms. The zero-order valence-corrected chi connectivity index (χ0v) is 20.7. The summed E-state index contributed by atoms with van der Waals surface area (Å²) in [5, 5.41) is 7.23. The lowest BCUT2D eigenvalue weighted by atomic mass is 10.0. The molecule has 1 atom stereocenters. The van der Waals surface area contributed by atoms with Crippen LogP contribution in [-0.4, -0.2) is 37.9 Å². The number of urea groups is 1. The van der Waals surface area contributed by atoms with Gasteiger partial charge in [-0.05, 0) is 43.5 Å². The Balaban J connectivity index is 1.55. The number of rotatable bonds is 5. The molecule has 11 heteroatoms. The van der Waals surface area contributed by atoms with Gasteiger partial charge in [0, 0.05) is 22.8 Å². The number of amides is 3. The monoisotopic (exact) mass is 523 g/mol. The predicted molar refractivity (Wildman–Crippen MR) is 133 cm³/mol. The van der Waals surface area contributed by atoms with Gasteiger partial charge in [0.05, 0.1) is 15.7 Å². The third-order valence-corrected chi connectivity index (χ3v) is 8.10. The van der Waals surface area contributed by atoms with Crippen LogP contribution in [0.4, 0.5) is 25.0 Å². The number of thiophene rings is 1. The van der Waals surface area contributed by atoms with Crippen molar-refractivity contribution < 1.29 is 22.9 Å². The second-order valence-electron chi connectivity index (χ2n) is 8.20. The van der Waals surface area contributed by atoms with Gasteiger partial charge in [-0.2, -0.15) is 0 Å². The molecule has 1 aliphatic heterocycles. The van der Waals surface area contributed by atoms with Crippen molar-refractivity contribution in [3.63, 3.8) is 0 Å². The summed E-state index contributed by atoms with van der Waals surface area (Å²) in [5.74, 6) is -2.85. The van der Waals surface area contributed by atoms with Gasteiger partial charge in [0.2, 0.25) is 5.91 Å². The van der Waals surface area contributed by atoms with Crippen molar-refractivity contribution in [1.82, 2.24) is 5.32 Å². The maximum atomic E-state index is 15.2. The number of anilines is 2. The van der Waals surface area contributed by atoms with Crippen LogP contribution in [0.1, 0.15) is 6.42 Å². The molecule has 4 rings (SSSR count). The minimum Gasteiger partial charge on any atom is -0.326 e. The number of carbonyl (C=O) groups is 2. The molecule has 2 aromatic carbocycles. The minimum atomic E-state index is -2.75. The summed E-state index contributed by atoms with van der Waals surface area (Å²) in [6, 6.07) is 9.37. The molecule has 0 unspecified atom stereocenters. The van der Waals surface area contributed by atoms with Crippen LogP contribution in [0.2, 0.25) is 4.34 Å². The molecule has 1 fully saturated rings. The van der Waals surface area contributed by atoms with Crippen LogP contribution in [0.15, 0.2) is 47.8 Å². The Kier molecular flexibility index (Phi) is 6.80. The molecule has 2 heterocycles. The van der Waals surface area contributed by atoms with Gasteiger partial charge in [0.15, 0.2) is 11.6 Å². The Bertz CT molecular complexity index is 1330. The van der Waals surface area contributed by atoms with Crippen molar-refractivity contribution >= 4 is 58.7 Å². The van der Waals surface area contributed by atoms with Gasteiger partial charge in [-0.25, -0.2) is 13.6 Å². The van der Waals surface area contributed by atoms with Crippen LogP contribution >= 0.6 is 30.1 Å². The molecule has 178 valence electrons. The summed E-state index contributed by atoms with van der Waals surface area (Å²) < 4.78 is 43.4. The first kappa shape index (κ1) is 24.4. The van der Waals surface area contributed by atoms with E-state index in [1.165, 1.54) is 23.5 Å². The van der Waals surface area contributed by atoms with Gasteiger partial charge < -0.3 is 20.1 Å². The fourth-order valence-corrected chi connectivity index (χ4v) is 5.91. The molecule has 0 radical (unpaired) electrons. The highest BCUT2D eigenvalue weighted by Crippen LogP contribution is 2.40. The summed E-state index contributed by atoms with van der Waals surface area (Å²) in [6.45, 7) is 3.24. The number of hydrogen-bond acceptors (Lipinski definition) is 4. The van der Waals surface area contributed by atoms with Crippen molar-refractivity contribution in [2.75, 3.05) is 30.1 Å². The SMILES string of the molecule is CP(C)(=O)c1ccccc1-c1ccc(N2CC[C@@H](NC(=O)Nc3csc(Cl)c3)C2=O)c(F)c1F. The van der Waals surface area contributed by atoms with Gasteiger partial charge in [-0.3, -0.25) is 4.79 Å². The molecule has 1 saturated heterocycles. The smallest absolute Gasteiger partial charge is 0.319 e. The van der Waals surface area contributed by atoms with Crippen LogP contribution in [0, 0.1) is 11.6 Å². The summed E-state index contributed by atoms with van der Waals surface area (Å²) >= 11 is 7.09. The lowest BCUT2D eigenvalue weighted by Gasteiger charge is -2.20. The molecule has 3 aromatic rings. The van der Waals surface area contributed by atoms with E-state index in [1.54, 1.807) is 49.0 Å². The maximum absolute atomic E-state index is 15.2. The van der Waals surface area contributed by atoms with E-state index in [4.69, 9.17) is 11.6 Å². The van der Waals surface area contributed by atoms with Crippen LogP contribution < -0.4 is 20.8 Å². The fourth-order valence-electron chi connectivity index (χ4n) is 3.88. The first-order valence-electron chi connectivity index (χ1n) is 10.3. The third-order valence-electron chi connectivity index (χ3n) is 5.46. The van der Waals surface area contributed by atoms with E-state index >= 15 is 8.78 Å². The highest BCUT2D eigenvalue weighted by Gasteiger charge is 2.36. The molecular weight excluding hydrogens is 503 g/mol. The van der Waals surface area contributed by atoms with E-state index in [1.807, 2.05) is 0 Å². The predicted octanol–water partition coefficient (Wildman–Crippen LogP) is 5.52. The summed E-state index contributed by atoms with van der Waals surface area (Å²) in [7, 11) is -2.75. The van der Waals surface area contributed by atoms with Crippen LogP contribution in [0.5, 0.6) is 0 Å². The summed E-state index contributed by atoms with van der Waals surface area (Å²) in [4.78, 5) is 26.2. The average Bonchev–Trinajstić information content (AvgIpc) is 3.34. The van der Waals surface area contributed by atoms with Crippen LogP contribution in [0.25, 0.3) is 11.1 Å². The van der Waals surface area contributed by atoms with E-state index in [-0.39, 0.29) is 24.2 Å². The lowest BCUT2D eigenvalue weighted by Crippen LogP contribution is -2.43. The standard InChI is InChI=1S/C23H21ClF2N3O3PS/c1-33(2,32)18-6-4-3-5-14(18)15-7-8-17(21(26)20(15)25)29-10-9-16(22(29)30)28-23(31)27-13-11-19(24)34-12-13/h3-8,11-12,16H,9-10H2,1-2H3,(H2,27,28,31)/t16-/m1/s1. The Hall–Kier alpha value is -2.74. The average molecular weight is 524 g/mol. The topological polar surface area (TPSA) is 78.5 Å². The highest BCUT2D eigenvalue weighted by atomic mass is 35.5. The molecule has 34 heavy (non-hydrogen) atoms. The molecule has 6 nitrogen and oxygen atoms in total. The van der Waals surface area contributed by atoms with E-state index in [9.17, 15) is 14.2 Å². The van der Waals surface area contributed by atoms with Gasteiger partial charge in [-0.15, -0.1) is 11.3 Å². The third kappa shape index (κ3) is 4.87. The van der Waals surface area contributed by atoms with E-state index in [2.05, 4.69) is 10.6 Å². The normalized spacial score (nSPS) is 16.1. The molecule has 0 aliphatic carbocycles. The Labute approximate surface area is 204 Å². The molecule has 1 aliphatic rings. The van der Waals surface area contributed by atoms with Gasteiger partial charge in [0.25, 0.3) is 0 Å². The molecule has 1 aromatic heterocycles. The number of nitrogens with zero attached hydrogens (tertiary/aromatic N) is 1. The molecule has 3 amide bonds. The van der Waals surface area contributed by atoms with Crippen molar-refractivity contribution in [2.24, 2.45) is 0 Å². The number of carbonyl (C=O) groups excluding carboxylic acids is 2. The minimum absolute atomic E-state index is 0.0316. The molecule has 2 N–H and O–H groups in total. The second kappa shape index (κ2) is 9.49. The van der Waals surface area contributed by atoms with Gasteiger partial charge in [-0.1, -0.05) is 35.9 Å². The summed E-state index contributed by atoms with van der Waals surface area (Å²) in [5.41, 5.74) is 0.587. The highest BCUT2D eigenvalue weighted by molar-refractivity contribution is 7.70. The van der Waals surface area contributed by atoms with E-state index in [0.29, 0.717) is 20.9 Å². The zero-order chi connectivity index (χ0) is 24.6. The number of hydrogen-bond donors (Lipinski definition) is 2. The van der Waals surface area contributed by atoms with E-state index < -0.39 is 36.8 Å². The Morgan fingerprint density at radius 1 is 1.15 bits per heavy atom. The summed E-state index contributed by atoms with van der Waals surface area (Å²) in [6.07, 6.45) is 0.233. The molecule has 0 spiro atoms. The van der Waals surface area contributed by atoms with Gasteiger partial charge in [0.1, 0.15) is 13.2 Å². The number of nitrogens with one attached hydrogen (secondary N) is 2. The second-order valence-corrected chi connectivity index (χ2v) is 12.9. The Morgan fingerprint density at radius 3 is 2.56 bits per heavy atom. The number of benzene rings is 2. The lowest BCUT2D eigenvalue weighted by molar-refractivity contribution is -0.118. The van der Waals surface area contributed by atoms with Crippen LogP contribution in [0.3, 0.4) is 0 Å². The Morgan fingerprint density at radius 2 is 1.88 bits per heavy atom. The van der Waals surface area contributed by atoms with Crippen molar-refractivity contribution in [3.05, 3.63) is 63.8 Å². The maximum Gasteiger partial charge on any atom is 0.319 e. The van der Waals surface area contributed by atoms with Gasteiger partial charge >= 0.3 is 6.03 Å².